The Morgan fingerprint density at radius 1 is 1.12 bits per heavy atom. The normalized spacial score (nSPS) is 21.0. The molecule has 3 rings (SSSR count). The molecule has 1 aromatic rings. The van der Waals surface area contributed by atoms with Crippen molar-refractivity contribution in [2.24, 2.45) is 5.92 Å². The number of halogens is 1. The Morgan fingerprint density at radius 2 is 1.84 bits per heavy atom. The number of nitrogens with zero attached hydrogens (tertiary/aromatic N) is 3. The molecule has 0 radical (unpaired) electrons. The van der Waals surface area contributed by atoms with Gasteiger partial charge in [0.1, 0.15) is 0 Å². The van der Waals surface area contributed by atoms with Gasteiger partial charge in [-0.3, -0.25) is 9.69 Å². The van der Waals surface area contributed by atoms with Gasteiger partial charge < -0.3 is 9.80 Å². The predicted molar refractivity (Wildman–Crippen MR) is 105 cm³/mol. The van der Waals surface area contributed by atoms with Crippen LogP contribution in [0.2, 0.25) is 4.34 Å². The summed E-state index contributed by atoms with van der Waals surface area (Å²) in [5.74, 6) is 1.08. The molecule has 0 spiro atoms. The van der Waals surface area contributed by atoms with Gasteiger partial charge in [0.15, 0.2) is 0 Å². The minimum atomic E-state index is 0.367. The number of amides is 1. The van der Waals surface area contributed by atoms with Gasteiger partial charge in [-0.1, -0.05) is 18.5 Å². The van der Waals surface area contributed by atoms with Crippen molar-refractivity contribution in [2.45, 2.75) is 39.2 Å². The SMILES string of the molecule is CCN1CCN(C(=O)CCC2CCN(Cc3ccc(Cl)s3)CC2)CC1. The van der Waals surface area contributed by atoms with E-state index in [2.05, 4.69) is 27.7 Å². The zero-order valence-corrected chi connectivity index (χ0v) is 16.8. The quantitative estimate of drug-likeness (QED) is 0.751. The Morgan fingerprint density at radius 3 is 2.44 bits per heavy atom. The van der Waals surface area contributed by atoms with Crippen molar-refractivity contribution in [3.8, 4) is 0 Å². The van der Waals surface area contributed by atoms with Crippen molar-refractivity contribution in [2.75, 3.05) is 45.8 Å². The summed E-state index contributed by atoms with van der Waals surface area (Å²) in [6.07, 6.45) is 4.23. The van der Waals surface area contributed by atoms with E-state index in [9.17, 15) is 4.79 Å². The maximum absolute atomic E-state index is 12.4. The van der Waals surface area contributed by atoms with Crippen LogP contribution in [0.1, 0.15) is 37.5 Å². The second kappa shape index (κ2) is 9.36. The van der Waals surface area contributed by atoms with Crippen molar-refractivity contribution in [1.29, 1.82) is 0 Å². The maximum Gasteiger partial charge on any atom is 0.222 e. The highest BCUT2D eigenvalue weighted by atomic mass is 35.5. The summed E-state index contributed by atoms with van der Waals surface area (Å²) in [5, 5.41) is 0. The third kappa shape index (κ3) is 5.68. The average molecular weight is 384 g/mol. The van der Waals surface area contributed by atoms with Crippen LogP contribution >= 0.6 is 22.9 Å². The van der Waals surface area contributed by atoms with Gasteiger partial charge >= 0.3 is 0 Å². The van der Waals surface area contributed by atoms with Gasteiger partial charge in [0.05, 0.1) is 4.34 Å². The molecule has 0 atom stereocenters. The van der Waals surface area contributed by atoms with Crippen molar-refractivity contribution in [3.05, 3.63) is 21.3 Å². The van der Waals surface area contributed by atoms with Crippen LogP contribution in [0, 0.1) is 5.92 Å². The molecule has 140 valence electrons. The second-order valence-electron chi connectivity index (χ2n) is 7.28. The van der Waals surface area contributed by atoms with Crippen LogP contribution in [-0.4, -0.2) is 66.4 Å². The minimum absolute atomic E-state index is 0.367. The van der Waals surface area contributed by atoms with E-state index in [0.29, 0.717) is 11.8 Å². The first-order valence-corrected chi connectivity index (χ1v) is 10.8. The van der Waals surface area contributed by atoms with Gasteiger partial charge in [-0.2, -0.15) is 0 Å². The number of carbonyl (C=O) groups is 1. The second-order valence-corrected chi connectivity index (χ2v) is 9.08. The standard InChI is InChI=1S/C19H30ClN3OS/c1-2-21-11-13-23(14-12-21)19(24)6-3-16-7-9-22(10-8-16)15-17-4-5-18(20)25-17/h4-5,16H,2-3,6-15H2,1H3. The number of hydrogen-bond donors (Lipinski definition) is 0. The van der Waals surface area contributed by atoms with Crippen molar-refractivity contribution in [3.63, 3.8) is 0 Å². The molecule has 4 nitrogen and oxygen atoms in total. The topological polar surface area (TPSA) is 26.8 Å². The van der Waals surface area contributed by atoms with E-state index in [4.69, 9.17) is 11.6 Å². The van der Waals surface area contributed by atoms with Crippen molar-refractivity contribution < 1.29 is 4.79 Å². The molecule has 2 aliphatic rings. The van der Waals surface area contributed by atoms with Gasteiger partial charge in [0.25, 0.3) is 0 Å². The Balaban J connectivity index is 1.33. The van der Waals surface area contributed by atoms with Gasteiger partial charge in [0, 0.05) is 44.0 Å². The molecule has 6 heteroatoms. The fourth-order valence-electron chi connectivity index (χ4n) is 3.89. The highest BCUT2D eigenvalue weighted by Gasteiger charge is 2.23. The molecule has 0 aliphatic carbocycles. The summed E-state index contributed by atoms with van der Waals surface area (Å²) in [6.45, 7) is 10.5. The zero-order valence-electron chi connectivity index (χ0n) is 15.3. The zero-order chi connectivity index (χ0) is 17.6. The first-order valence-electron chi connectivity index (χ1n) is 9.60. The lowest BCUT2D eigenvalue weighted by molar-refractivity contribution is -0.133. The van der Waals surface area contributed by atoms with Crippen molar-refractivity contribution in [1.82, 2.24) is 14.7 Å². The Kier molecular flexibility index (Phi) is 7.17. The van der Waals surface area contributed by atoms with E-state index in [1.165, 1.54) is 17.7 Å². The van der Waals surface area contributed by atoms with Gasteiger partial charge in [-0.25, -0.2) is 0 Å². The Bertz CT molecular complexity index is 549. The van der Waals surface area contributed by atoms with Crippen LogP contribution in [-0.2, 0) is 11.3 Å². The summed E-state index contributed by atoms with van der Waals surface area (Å²) in [6, 6.07) is 4.12. The molecule has 3 heterocycles. The van der Waals surface area contributed by atoms with E-state index in [-0.39, 0.29) is 0 Å². The fraction of sp³-hybridized carbons (Fsp3) is 0.737. The fourth-order valence-corrected chi connectivity index (χ4v) is 5.02. The number of likely N-dealkylation sites (N-methyl/N-ethyl adjacent to an activating group) is 1. The molecular formula is C19H30ClN3OS. The molecule has 0 aromatic carbocycles. The number of hydrogen-bond acceptors (Lipinski definition) is 4. The number of rotatable bonds is 6. The van der Waals surface area contributed by atoms with Crippen LogP contribution in [0.5, 0.6) is 0 Å². The highest BCUT2D eigenvalue weighted by molar-refractivity contribution is 7.16. The van der Waals surface area contributed by atoms with Crippen LogP contribution in [0.25, 0.3) is 0 Å². The molecule has 25 heavy (non-hydrogen) atoms. The molecule has 1 amide bonds. The van der Waals surface area contributed by atoms with E-state index in [1.807, 2.05) is 6.07 Å². The van der Waals surface area contributed by atoms with E-state index >= 15 is 0 Å². The molecule has 0 unspecified atom stereocenters. The summed E-state index contributed by atoms with van der Waals surface area (Å²) < 4.78 is 0.878. The van der Waals surface area contributed by atoms with Crippen LogP contribution < -0.4 is 0 Å². The van der Waals surface area contributed by atoms with E-state index < -0.39 is 0 Å². The smallest absolute Gasteiger partial charge is 0.222 e. The van der Waals surface area contributed by atoms with Gasteiger partial charge in [-0.15, -0.1) is 11.3 Å². The minimum Gasteiger partial charge on any atom is -0.340 e. The lowest BCUT2D eigenvalue weighted by atomic mass is 9.92. The molecular weight excluding hydrogens is 354 g/mol. The lowest BCUT2D eigenvalue weighted by Crippen LogP contribution is -2.48. The van der Waals surface area contributed by atoms with Crippen LogP contribution in [0.4, 0.5) is 0 Å². The molecule has 2 saturated heterocycles. The third-order valence-electron chi connectivity index (χ3n) is 5.65. The van der Waals surface area contributed by atoms with Gasteiger partial charge in [-0.05, 0) is 56.9 Å². The maximum atomic E-state index is 12.4. The third-order valence-corrected chi connectivity index (χ3v) is 6.87. The largest absolute Gasteiger partial charge is 0.340 e. The average Bonchev–Trinajstić information content (AvgIpc) is 3.05. The number of thiophene rings is 1. The van der Waals surface area contributed by atoms with E-state index in [1.54, 1.807) is 11.3 Å². The number of piperazine rings is 1. The van der Waals surface area contributed by atoms with Crippen LogP contribution in [0.3, 0.4) is 0 Å². The summed E-state index contributed by atoms with van der Waals surface area (Å²) in [7, 11) is 0. The van der Waals surface area contributed by atoms with E-state index in [0.717, 1.165) is 69.5 Å². The lowest BCUT2D eigenvalue weighted by Gasteiger charge is -2.35. The first-order chi connectivity index (χ1) is 12.1. The number of piperidine rings is 1. The number of carbonyl (C=O) groups excluding carboxylic acids is 1. The Hall–Kier alpha value is -0.620. The first kappa shape index (κ1) is 19.2. The van der Waals surface area contributed by atoms with Gasteiger partial charge in [0.2, 0.25) is 5.91 Å². The summed E-state index contributed by atoms with van der Waals surface area (Å²) >= 11 is 7.70. The molecule has 0 bridgehead atoms. The number of likely N-dealkylation sites (tertiary alicyclic amines) is 1. The molecule has 2 fully saturated rings. The summed E-state index contributed by atoms with van der Waals surface area (Å²) in [4.78, 5) is 20.8. The monoisotopic (exact) mass is 383 g/mol. The molecule has 2 aliphatic heterocycles. The van der Waals surface area contributed by atoms with Crippen LogP contribution in [0.15, 0.2) is 12.1 Å². The molecule has 0 N–H and O–H groups in total. The molecule has 1 aromatic heterocycles. The highest BCUT2D eigenvalue weighted by Crippen LogP contribution is 2.27. The summed E-state index contributed by atoms with van der Waals surface area (Å²) in [5.41, 5.74) is 0. The Labute approximate surface area is 160 Å². The molecule has 0 saturated carbocycles. The predicted octanol–water partition coefficient (Wildman–Crippen LogP) is 3.56. The van der Waals surface area contributed by atoms with Crippen molar-refractivity contribution >= 4 is 28.8 Å².